The van der Waals surface area contributed by atoms with Crippen LogP contribution in [0.5, 0.6) is 0 Å². The summed E-state index contributed by atoms with van der Waals surface area (Å²) in [6.07, 6.45) is 3.20. The van der Waals surface area contributed by atoms with Gasteiger partial charge in [0.05, 0.1) is 0 Å². The van der Waals surface area contributed by atoms with Crippen molar-refractivity contribution in [2.75, 3.05) is 18.4 Å². The second kappa shape index (κ2) is 8.01. The Kier molecular flexibility index (Phi) is 5.74. The second-order valence-corrected chi connectivity index (χ2v) is 7.32. The van der Waals surface area contributed by atoms with E-state index in [4.69, 9.17) is 12.2 Å². The van der Waals surface area contributed by atoms with E-state index in [2.05, 4.69) is 73.5 Å². The Labute approximate surface area is 157 Å². The smallest absolute Gasteiger partial charge is 0.173 e. The normalized spacial score (nSPS) is 16.9. The molecule has 3 rings (SSSR count). The molecule has 1 N–H and O–H groups in total. The molecule has 0 amide bonds. The summed E-state index contributed by atoms with van der Waals surface area (Å²) in [5, 5.41) is 4.43. The molecule has 0 bridgehead atoms. The molecule has 1 saturated heterocycles. The average molecular weight is 353 g/mol. The highest BCUT2D eigenvalue weighted by molar-refractivity contribution is 7.80. The fourth-order valence-electron chi connectivity index (χ4n) is 3.64. The van der Waals surface area contributed by atoms with Crippen LogP contribution in [0.4, 0.5) is 5.69 Å². The maximum atomic E-state index is 5.75. The van der Waals surface area contributed by atoms with E-state index in [-0.39, 0.29) is 0 Å². The Bertz CT molecular complexity index is 714. The summed E-state index contributed by atoms with van der Waals surface area (Å²) in [4.78, 5) is 2.33. The predicted octanol–water partition coefficient (Wildman–Crippen LogP) is 5.31. The highest BCUT2D eigenvalue weighted by Crippen LogP contribution is 2.29. The molecule has 1 heterocycles. The minimum absolute atomic E-state index is 0.576. The Morgan fingerprint density at radius 2 is 1.72 bits per heavy atom. The van der Waals surface area contributed by atoms with Crippen LogP contribution in [0.15, 0.2) is 42.5 Å². The number of likely N-dealkylation sites (tertiary alicyclic amines) is 1. The molecule has 0 aromatic heterocycles. The molecule has 0 spiro atoms. The Balaban J connectivity index is 1.70. The highest BCUT2D eigenvalue weighted by atomic mass is 32.1. The zero-order valence-electron chi connectivity index (χ0n) is 15.5. The third kappa shape index (κ3) is 4.04. The second-order valence-electron chi connectivity index (χ2n) is 6.93. The van der Waals surface area contributed by atoms with Crippen LogP contribution in [-0.4, -0.2) is 23.1 Å². The third-order valence-electron chi connectivity index (χ3n) is 5.26. The first-order chi connectivity index (χ1) is 12.1. The standard InChI is InChI=1S/C22H28N2S/c1-4-17-7-6-8-18(5-2)21(17)23-22(25)24-14-13-20(15-24)19-11-9-16(3)10-12-19/h6-12,20H,4-5,13-15H2,1-3H3,(H,23,25)/t20-/m0/s1. The van der Waals surface area contributed by atoms with E-state index in [9.17, 15) is 0 Å². The van der Waals surface area contributed by atoms with E-state index in [1.165, 1.54) is 34.4 Å². The fraction of sp³-hybridized carbons (Fsp3) is 0.409. The first-order valence-electron chi connectivity index (χ1n) is 9.35. The monoisotopic (exact) mass is 352 g/mol. The molecule has 3 heteroatoms. The molecule has 2 aromatic rings. The van der Waals surface area contributed by atoms with Gasteiger partial charge in [0.2, 0.25) is 0 Å². The largest absolute Gasteiger partial charge is 0.348 e. The van der Waals surface area contributed by atoms with E-state index < -0.39 is 0 Å². The molecular weight excluding hydrogens is 324 g/mol. The van der Waals surface area contributed by atoms with Gasteiger partial charge in [-0.3, -0.25) is 0 Å². The summed E-state index contributed by atoms with van der Waals surface area (Å²) in [5.74, 6) is 0.576. The van der Waals surface area contributed by atoms with Gasteiger partial charge in [-0.2, -0.15) is 0 Å². The van der Waals surface area contributed by atoms with Gasteiger partial charge >= 0.3 is 0 Å². The Morgan fingerprint density at radius 3 is 2.32 bits per heavy atom. The third-order valence-corrected chi connectivity index (χ3v) is 5.62. The number of benzene rings is 2. The SMILES string of the molecule is CCc1cccc(CC)c1NC(=S)N1CC[C@H](c2ccc(C)cc2)C1. The van der Waals surface area contributed by atoms with Gasteiger partial charge in [-0.1, -0.05) is 61.9 Å². The van der Waals surface area contributed by atoms with E-state index in [0.29, 0.717) is 5.92 Å². The van der Waals surface area contributed by atoms with Crippen molar-refractivity contribution >= 4 is 23.0 Å². The van der Waals surface area contributed by atoms with Crippen molar-refractivity contribution in [1.82, 2.24) is 4.90 Å². The van der Waals surface area contributed by atoms with Crippen molar-refractivity contribution in [2.45, 2.75) is 46.0 Å². The summed E-state index contributed by atoms with van der Waals surface area (Å²) in [6, 6.07) is 15.5. The number of nitrogens with one attached hydrogen (secondary N) is 1. The van der Waals surface area contributed by atoms with Gasteiger partial charge in [0.25, 0.3) is 0 Å². The number of rotatable bonds is 4. The van der Waals surface area contributed by atoms with Crippen molar-refractivity contribution < 1.29 is 0 Å². The van der Waals surface area contributed by atoms with Gasteiger partial charge in [-0.25, -0.2) is 0 Å². The summed E-state index contributed by atoms with van der Waals surface area (Å²) in [7, 11) is 0. The molecule has 132 valence electrons. The zero-order chi connectivity index (χ0) is 17.8. The molecule has 0 saturated carbocycles. The first kappa shape index (κ1) is 17.9. The number of anilines is 1. The fourth-order valence-corrected chi connectivity index (χ4v) is 3.91. The molecule has 25 heavy (non-hydrogen) atoms. The summed E-state index contributed by atoms with van der Waals surface area (Å²) < 4.78 is 0. The molecule has 1 fully saturated rings. The molecule has 2 aromatic carbocycles. The molecule has 1 aliphatic rings. The minimum Gasteiger partial charge on any atom is -0.348 e. The highest BCUT2D eigenvalue weighted by Gasteiger charge is 2.26. The van der Waals surface area contributed by atoms with Gasteiger partial charge in [0.15, 0.2) is 5.11 Å². The van der Waals surface area contributed by atoms with Crippen LogP contribution in [0.2, 0.25) is 0 Å². The van der Waals surface area contributed by atoms with Crippen molar-refractivity contribution in [3.05, 3.63) is 64.7 Å². The van der Waals surface area contributed by atoms with Crippen LogP contribution in [-0.2, 0) is 12.8 Å². The van der Waals surface area contributed by atoms with Crippen LogP contribution in [0.25, 0.3) is 0 Å². The average Bonchev–Trinajstić information content (AvgIpc) is 3.12. The maximum absolute atomic E-state index is 5.75. The van der Waals surface area contributed by atoms with E-state index >= 15 is 0 Å². The Hall–Kier alpha value is -1.87. The lowest BCUT2D eigenvalue weighted by Crippen LogP contribution is -2.33. The maximum Gasteiger partial charge on any atom is 0.173 e. The van der Waals surface area contributed by atoms with Gasteiger partial charge in [-0.05, 0) is 55.1 Å². The lowest BCUT2D eigenvalue weighted by Gasteiger charge is -2.23. The molecule has 0 aliphatic carbocycles. The molecule has 2 nitrogen and oxygen atoms in total. The van der Waals surface area contributed by atoms with Crippen molar-refractivity contribution in [3.63, 3.8) is 0 Å². The quantitative estimate of drug-likeness (QED) is 0.751. The summed E-state index contributed by atoms with van der Waals surface area (Å²) in [6.45, 7) is 8.57. The van der Waals surface area contributed by atoms with Gasteiger partial charge < -0.3 is 10.2 Å². The molecule has 0 radical (unpaired) electrons. The number of aryl methyl sites for hydroxylation is 3. The van der Waals surface area contributed by atoms with Gasteiger partial charge in [-0.15, -0.1) is 0 Å². The van der Waals surface area contributed by atoms with Crippen LogP contribution >= 0.6 is 12.2 Å². The molecular formula is C22H28N2S. The van der Waals surface area contributed by atoms with Gasteiger partial charge in [0, 0.05) is 24.7 Å². The predicted molar refractivity (Wildman–Crippen MR) is 112 cm³/mol. The van der Waals surface area contributed by atoms with Crippen LogP contribution < -0.4 is 5.32 Å². The lowest BCUT2D eigenvalue weighted by molar-refractivity contribution is 0.518. The van der Waals surface area contributed by atoms with Crippen LogP contribution in [0.3, 0.4) is 0 Å². The van der Waals surface area contributed by atoms with Crippen LogP contribution in [0, 0.1) is 6.92 Å². The molecule has 0 unspecified atom stereocenters. The van der Waals surface area contributed by atoms with Crippen molar-refractivity contribution in [3.8, 4) is 0 Å². The number of para-hydroxylation sites is 1. The topological polar surface area (TPSA) is 15.3 Å². The minimum atomic E-state index is 0.576. The molecule has 1 atom stereocenters. The number of thiocarbonyl (C=S) groups is 1. The lowest BCUT2D eigenvalue weighted by atomic mass is 9.98. The van der Waals surface area contributed by atoms with Crippen molar-refractivity contribution in [2.24, 2.45) is 0 Å². The number of hydrogen-bond donors (Lipinski definition) is 1. The van der Waals surface area contributed by atoms with E-state index in [0.717, 1.165) is 31.0 Å². The van der Waals surface area contributed by atoms with E-state index in [1.807, 2.05) is 0 Å². The van der Waals surface area contributed by atoms with Crippen LogP contribution in [0.1, 0.15) is 48.4 Å². The summed E-state index contributed by atoms with van der Waals surface area (Å²) >= 11 is 5.75. The van der Waals surface area contributed by atoms with Gasteiger partial charge in [0.1, 0.15) is 0 Å². The first-order valence-corrected chi connectivity index (χ1v) is 9.76. The molecule has 1 aliphatic heterocycles. The van der Waals surface area contributed by atoms with Crippen molar-refractivity contribution in [1.29, 1.82) is 0 Å². The number of nitrogens with zero attached hydrogens (tertiary/aromatic N) is 1. The Morgan fingerprint density at radius 1 is 1.08 bits per heavy atom. The van der Waals surface area contributed by atoms with E-state index in [1.54, 1.807) is 0 Å². The zero-order valence-corrected chi connectivity index (χ0v) is 16.3. The summed E-state index contributed by atoms with van der Waals surface area (Å²) in [5.41, 5.74) is 6.65. The number of hydrogen-bond acceptors (Lipinski definition) is 1.